The highest BCUT2D eigenvalue weighted by Gasteiger charge is 2.37. The maximum atomic E-state index is 13.3. The minimum atomic E-state index is -0.627. The number of ether oxygens (including phenoxy) is 2. The lowest BCUT2D eigenvalue weighted by molar-refractivity contribution is -0.140. The maximum absolute atomic E-state index is 13.3. The van der Waals surface area contributed by atoms with E-state index in [0.717, 1.165) is 17.5 Å². The summed E-state index contributed by atoms with van der Waals surface area (Å²) in [6.45, 7) is 5.84. The number of carbonyl (C=O) groups excluding carboxylic acids is 2. The van der Waals surface area contributed by atoms with Gasteiger partial charge >= 0.3 is 11.9 Å². The second-order valence-corrected chi connectivity index (χ2v) is 8.32. The second kappa shape index (κ2) is 11.9. The fourth-order valence-electron chi connectivity index (χ4n) is 4.06. The van der Waals surface area contributed by atoms with Gasteiger partial charge < -0.3 is 14.8 Å². The molecule has 2 aromatic rings. The molecule has 1 heterocycles. The fourth-order valence-corrected chi connectivity index (χ4v) is 4.06. The van der Waals surface area contributed by atoms with Crippen LogP contribution in [0.5, 0.6) is 0 Å². The number of nitrogens with zero attached hydrogens (tertiary/aromatic N) is 1. The normalized spacial score (nSPS) is 15.4. The monoisotopic (exact) mass is 458 g/mol. The van der Waals surface area contributed by atoms with Gasteiger partial charge in [-0.2, -0.15) is 5.26 Å². The number of allylic oxidation sites excluding steroid dienone is 2. The first-order valence-electron chi connectivity index (χ1n) is 11.4. The van der Waals surface area contributed by atoms with Crippen LogP contribution in [0, 0.1) is 18.3 Å². The van der Waals surface area contributed by atoms with Crippen LogP contribution in [0.15, 0.2) is 77.1 Å². The third kappa shape index (κ3) is 6.14. The van der Waals surface area contributed by atoms with E-state index in [1.807, 2.05) is 74.5 Å². The third-order valence-electron chi connectivity index (χ3n) is 5.74. The predicted molar refractivity (Wildman–Crippen MR) is 129 cm³/mol. The van der Waals surface area contributed by atoms with Gasteiger partial charge in [-0.3, -0.25) is 0 Å². The molecule has 2 aromatic carbocycles. The van der Waals surface area contributed by atoms with Gasteiger partial charge in [0.05, 0.1) is 36.2 Å². The van der Waals surface area contributed by atoms with Crippen LogP contribution >= 0.6 is 0 Å². The molecular weight excluding hydrogens is 428 g/mol. The Morgan fingerprint density at radius 2 is 1.47 bits per heavy atom. The van der Waals surface area contributed by atoms with E-state index in [1.165, 1.54) is 5.56 Å². The van der Waals surface area contributed by atoms with E-state index in [0.29, 0.717) is 29.0 Å². The number of hydrogen-bond donors (Lipinski definition) is 1. The maximum Gasteiger partial charge on any atom is 0.336 e. The SMILES string of the molecule is CC1=C(C(=O)OCCC#N)C(c2ccc(C)cc2)C(C(=O)OCCCc2ccccc2)=C(C)N1. The largest absolute Gasteiger partial charge is 0.462 e. The predicted octanol–water partition coefficient (Wildman–Crippen LogP) is 4.86. The molecule has 1 aliphatic heterocycles. The molecule has 0 bridgehead atoms. The molecule has 0 aromatic heterocycles. The van der Waals surface area contributed by atoms with E-state index in [2.05, 4.69) is 5.32 Å². The minimum Gasteiger partial charge on any atom is -0.462 e. The summed E-state index contributed by atoms with van der Waals surface area (Å²) >= 11 is 0. The zero-order valence-corrected chi connectivity index (χ0v) is 19.9. The highest BCUT2D eigenvalue weighted by molar-refractivity contribution is 5.99. The Kier molecular flexibility index (Phi) is 8.64. The Labute approximate surface area is 200 Å². The van der Waals surface area contributed by atoms with E-state index in [4.69, 9.17) is 14.7 Å². The number of carbonyl (C=O) groups is 2. The van der Waals surface area contributed by atoms with Gasteiger partial charge in [-0.05, 0) is 44.7 Å². The summed E-state index contributed by atoms with van der Waals surface area (Å²) in [7, 11) is 0. The molecule has 0 aliphatic carbocycles. The van der Waals surface area contributed by atoms with E-state index in [-0.39, 0.29) is 19.6 Å². The summed E-state index contributed by atoms with van der Waals surface area (Å²) in [6, 6.07) is 19.7. The first-order chi connectivity index (χ1) is 16.4. The molecule has 0 spiro atoms. The van der Waals surface area contributed by atoms with Crippen molar-refractivity contribution < 1.29 is 19.1 Å². The van der Waals surface area contributed by atoms with Gasteiger partial charge in [-0.1, -0.05) is 60.2 Å². The van der Waals surface area contributed by atoms with Gasteiger partial charge in [0.1, 0.15) is 6.61 Å². The number of dihydropyridines is 1. The molecule has 1 aliphatic rings. The minimum absolute atomic E-state index is 0.00526. The number of benzene rings is 2. The Bertz CT molecular complexity index is 1130. The summed E-state index contributed by atoms with van der Waals surface area (Å²) in [5, 5.41) is 11.9. The smallest absolute Gasteiger partial charge is 0.336 e. The molecule has 6 nitrogen and oxygen atoms in total. The van der Waals surface area contributed by atoms with Crippen molar-refractivity contribution in [1.29, 1.82) is 5.26 Å². The van der Waals surface area contributed by atoms with Crippen LogP contribution in [0.4, 0.5) is 0 Å². The molecule has 6 heteroatoms. The number of nitrogens with one attached hydrogen (secondary N) is 1. The number of rotatable bonds is 9. The Hall–Kier alpha value is -3.85. The first-order valence-corrected chi connectivity index (χ1v) is 11.4. The van der Waals surface area contributed by atoms with Gasteiger partial charge in [0.15, 0.2) is 0 Å². The number of hydrogen-bond acceptors (Lipinski definition) is 6. The van der Waals surface area contributed by atoms with Crippen molar-refractivity contribution in [2.24, 2.45) is 0 Å². The van der Waals surface area contributed by atoms with Crippen molar-refractivity contribution in [3.63, 3.8) is 0 Å². The lowest BCUT2D eigenvalue weighted by Gasteiger charge is -2.30. The van der Waals surface area contributed by atoms with Crippen LogP contribution in [-0.2, 0) is 25.5 Å². The molecule has 0 amide bonds. The Morgan fingerprint density at radius 3 is 2.06 bits per heavy atom. The molecule has 1 unspecified atom stereocenters. The summed E-state index contributed by atoms with van der Waals surface area (Å²) in [4.78, 5) is 26.3. The van der Waals surface area contributed by atoms with Gasteiger partial charge in [-0.15, -0.1) is 0 Å². The molecule has 0 fully saturated rings. The van der Waals surface area contributed by atoms with Crippen LogP contribution in [-0.4, -0.2) is 25.2 Å². The van der Waals surface area contributed by atoms with Crippen molar-refractivity contribution >= 4 is 11.9 Å². The summed E-state index contributed by atoms with van der Waals surface area (Å²) in [5.74, 6) is -1.63. The van der Waals surface area contributed by atoms with Crippen LogP contribution in [0.1, 0.15) is 49.3 Å². The van der Waals surface area contributed by atoms with E-state index >= 15 is 0 Å². The van der Waals surface area contributed by atoms with Crippen molar-refractivity contribution in [3.8, 4) is 6.07 Å². The lowest BCUT2D eigenvalue weighted by atomic mass is 9.80. The van der Waals surface area contributed by atoms with Crippen molar-refractivity contribution in [1.82, 2.24) is 5.32 Å². The molecule has 34 heavy (non-hydrogen) atoms. The van der Waals surface area contributed by atoms with E-state index < -0.39 is 17.9 Å². The highest BCUT2D eigenvalue weighted by atomic mass is 16.5. The molecule has 0 radical (unpaired) electrons. The van der Waals surface area contributed by atoms with Crippen molar-refractivity contribution in [3.05, 3.63) is 93.8 Å². The fraction of sp³-hybridized carbons (Fsp3) is 0.321. The topological polar surface area (TPSA) is 88.4 Å². The first kappa shape index (κ1) is 24.8. The van der Waals surface area contributed by atoms with Crippen molar-refractivity contribution in [2.45, 2.75) is 46.0 Å². The number of aryl methyl sites for hydroxylation is 2. The molecule has 1 atom stereocenters. The Morgan fingerprint density at radius 1 is 0.882 bits per heavy atom. The van der Waals surface area contributed by atoms with Gasteiger partial charge in [0.25, 0.3) is 0 Å². The summed E-state index contributed by atoms with van der Waals surface area (Å²) in [5.41, 5.74) is 5.06. The Balaban J connectivity index is 1.83. The average Bonchev–Trinajstić information content (AvgIpc) is 2.82. The molecule has 1 N–H and O–H groups in total. The van der Waals surface area contributed by atoms with E-state index in [1.54, 1.807) is 6.92 Å². The molecule has 0 saturated heterocycles. The summed E-state index contributed by atoms with van der Waals surface area (Å²) in [6.07, 6.45) is 1.61. The van der Waals surface area contributed by atoms with Crippen LogP contribution in [0.25, 0.3) is 0 Å². The van der Waals surface area contributed by atoms with Gasteiger partial charge in [-0.25, -0.2) is 9.59 Å². The number of nitriles is 1. The number of esters is 2. The van der Waals surface area contributed by atoms with E-state index in [9.17, 15) is 9.59 Å². The molecule has 176 valence electrons. The average molecular weight is 459 g/mol. The van der Waals surface area contributed by atoms with Gasteiger partial charge in [0, 0.05) is 11.4 Å². The zero-order valence-electron chi connectivity index (χ0n) is 19.9. The van der Waals surface area contributed by atoms with Crippen LogP contribution in [0.3, 0.4) is 0 Å². The standard InChI is InChI=1S/C28H30N2O4/c1-19-12-14-23(15-13-19)26-24(27(31)33-17-7-11-22-9-5-4-6-10-22)20(2)30-21(3)25(26)28(32)34-18-8-16-29/h4-6,9-10,12-15,26,30H,7-8,11,17-18H2,1-3H3. The lowest BCUT2D eigenvalue weighted by Crippen LogP contribution is -2.32. The molecule has 3 rings (SSSR count). The van der Waals surface area contributed by atoms with Gasteiger partial charge in [0.2, 0.25) is 0 Å². The quantitative estimate of drug-likeness (QED) is 0.426. The summed E-state index contributed by atoms with van der Waals surface area (Å²) < 4.78 is 11.0. The van der Waals surface area contributed by atoms with Crippen LogP contribution < -0.4 is 5.32 Å². The third-order valence-corrected chi connectivity index (χ3v) is 5.74. The highest BCUT2D eigenvalue weighted by Crippen LogP contribution is 2.39. The zero-order chi connectivity index (χ0) is 24.5. The second-order valence-electron chi connectivity index (χ2n) is 8.32. The molecular formula is C28H30N2O4. The van der Waals surface area contributed by atoms with Crippen molar-refractivity contribution in [2.75, 3.05) is 13.2 Å². The van der Waals surface area contributed by atoms with Crippen LogP contribution in [0.2, 0.25) is 0 Å². The molecule has 0 saturated carbocycles.